The predicted molar refractivity (Wildman–Crippen MR) is 83.5 cm³/mol. The average molecular weight is 319 g/mol. The number of likely N-dealkylation sites (tertiary alicyclic amines) is 1. The summed E-state index contributed by atoms with van der Waals surface area (Å²) in [6.45, 7) is 1.29. The number of hydrogen-bond donors (Lipinski definition) is 1. The van der Waals surface area contributed by atoms with Crippen LogP contribution in [0.2, 0.25) is 0 Å². The number of amides is 1. The number of aliphatic carboxylic acids is 1. The highest BCUT2D eigenvalue weighted by molar-refractivity contribution is 5.91. The molecule has 1 saturated carbocycles. The Bertz CT molecular complexity index is 612. The third-order valence-electron chi connectivity index (χ3n) is 5.12. The van der Waals surface area contributed by atoms with Crippen molar-refractivity contribution in [3.05, 3.63) is 35.6 Å². The summed E-state index contributed by atoms with van der Waals surface area (Å²) in [4.78, 5) is 25.5. The largest absolute Gasteiger partial charge is 0.481 e. The fourth-order valence-electron chi connectivity index (χ4n) is 3.69. The van der Waals surface area contributed by atoms with Crippen LogP contribution >= 0.6 is 0 Å². The van der Waals surface area contributed by atoms with Crippen molar-refractivity contribution in [2.45, 2.75) is 43.9 Å². The van der Waals surface area contributed by atoms with Gasteiger partial charge >= 0.3 is 5.97 Å². The third kappa shape index (κ3) is 3.23. The number of piperidine rings is 1. The lowest BCUT2D eigenvalue weighted by molar-refractivity contribution is -0.137. The topological polar surface area (TPSA) is 57.6 Å². The molecule has 1 amide bonds. The first-order valence-electron chi connectivity index (χ1n) is 8.29. The standard InChI is InChI=1S/C18H22FNO3/c19-15-6-2-1-5-14(15)18(9-10-18)17(23)20-11-3-4-13(12-20)7-8-16(21)22/h1-2,5-6,13H,3-4,7-12H2,(H,21,22)/t13-/m0/s1. The van der Waals surface area contributed by atoms with Crippen LogP contribution in [0, 0.1) is 11.7 Å². The van der Waals surface area contributed by atoms with Crippen LogP contribution in [0.5, 0.6) is 0 Å². The number of halogens is 1. The lowest BCUT2D eigenvalue weighted by Gasteiger charge is -2.35. The number of benzene rings is 1. The van der Waals surface area contributed by atoms with Crippen LogP contribution in [0.1, 0.15) is 44.1 Å². The van der Waals surface area contributed by atoms with Crippen molar-refractivity contribution in [3.63, 3.8) is 0 Å². The van der Waals surface area contributed by atoms with Crippen LogP contribution in [0.25, 0.3) is 0 Å². The van der Waals surface area contributed by atoms with E-state index in [0.717, 1.165) is 12.8 Å². The van der Waals surface area contributed by atoms with Crippen LogP contribution in [-0.2, 0) is 15.0 Å². The Labute approximate surface area is 135 Å². The van der Waals surface area contributed by atoms with Gasteiger partial charge in [-0.1, -0.05) is 18.2 Å². The van der Waals surface area contributed by atoms with Gasteiger partial charge in [-0.25, -0.2) is 4.39 Å². The highest BCUT2D eigenvalue weighted by Crippen LogP contribution is 2.50. The number of nitrogens with zero attached hydrogens (tertiary/aromatic N) is 1. The summed E-state index contributed by atoms with van der Waals surface area (Å²) in [5.74, 6) is -0.848. The fourth-order valence-corrected chi connectivity index (χ4v) is 3.69. The molecule has 0 aromatic heterocycles. The number of carboxylic acids is 1. The molecular weight excluding hydrogens is 297 g/mol. The molecule has 2 fully saturated rings. The monoisotopic (exact) mass is 319 g/mol. The Kier molecular flexibility index (Phi) is 4.37. The minimum absolute atomic E-state index is 0.0163. The molecule has 1 aliphatic heterocycles. The van der Waals surface area contributed by atoms with Crippen molar-refractivity contribution < 1.29 is 19.1 Å². The van der Waals surface area contributed by atoms with Gasteiger partial charge < -0.3 is 10.0 Å². The molecule has 1 aromatic carbocycles. The van der Waals surface area contributed by atoms with Gasteiger partial charge in [0.1, 0.15) is 5.82 Å². The van der Waals surface area contributed by atoms with Gasteiger partial charge in [-0.05, 0) is 44.1 Å². The van der Waals surface area contributed by atoms with Crippen LogP contribution in [0.4, 0.5) is 4.39 Å². The molecule has 4 nitrogen and oxygen atoms in total. The maximum atomic E-state index is 14.1. The van der Waals surface area contributed by atoms with Gasteiger partial charge in [0.05, 0.1) is 5.41 Å². The second-order valence-corrected chi connectivity index (χ2v) is 6.75. The highest BCUT2D eigenvalue weighted by atomic mass is 19.1. The molecule has 2 aliphatic rings. The van der Waals surface area contributed by atoms with E-state index in [2.05, 4.69) is 0 Å². The molecule has 23 heavy (non-hydrogen) atoms. The second kappa shape index (κ2) is 6.30. The van der Waals surface area contributed by atoms with E-state index in [1.54, 1.807) is 18.2 Å². The van der Waals surface area contributed by atoms with E-state index < -0.39 is 11.4 Å². The van der Waals surface area contributed by atoms with Crippen molar-refractivity contribution in [3.8, 4) is 0 Å². The zero-order valence-electron chi connectivity index (χ0n) is 13.1. The second-order valence-electron chi connectivity index (χ2n) is 6.75. The quantitative estimate of drug-likeness (QED) is 0.908. The van der Waals surface area contributed by atoms with E-state index in [1.807, 2.05) is 4.90 Å². The first-order valence-corrected chi connectivity index (χ1v) is 8.29. The predicted octanol–water partition coefficient (Wildman–Crippen LogP) is 2.96. The van der Waals surface area contributed by atoms with E-state index in [1.165, 1.54) is 6.07 Å². The van der Waals surface area contributed by atoms with Crippen molar-refractivity contribution in [2.24, 2.45) is 5.92 Å². The van der Waals surface area contributed by atoms with Crippen molar-refractivity contribution in [1.82, 2.24) is 4.90 Å². The minimum atomic E-state index is -0.793. The highest BCUT2D eigenvalue weighted by Gasteiger charge is 2.54. The van der Waals surface area contributed by atoms with Gasteiger partial charge in [0.25, 0.3) is 0 Å². The molecule has 0 radical (unpaired) electrons. The van der Waals surface area contributed by atoms with Crippen LogP contribution in [0.15, 0.2) is 24.3 Å². The molecule has 0 spiro atoms. The van der Waals surface area contributed by atoms with Gasteiger partial charge in [0.2, 0.25) is 5.91 Å². The van der Waals surface area contributed by atoms with Crippen molar-refractivity contribution >= 4 is 11.9 Å². The maximum absolute atomic E-state index is 14.1. The number of rotatable bonds is 5. The lowest BCUT2D eigenvalue weighted by atomic mass is 9.89. The molecule has 0 unspecified atom stereocenters. The summed E-state index contributed by atoms with van der Waals surface area (Å²) in [7, 11) is 0. The molecule has 1 saturated heterocycles. The van der Waals surface area contributed by atoms with Gasteiger partial charge in [-0.3, -0.25) is 9.59 Å². The van der Waals surface area contributed by atoms with Crippen LogP contribution in [-0.4, -0.2) is 35.0 Å². The average Bonchev–Trinajstić information content (AvgIpc) is 3.34. The molecule has 1 N–H and O–H groups in total. The van der Waals surface area contributed by atoms with Crippen molar-refractivity contribution in [1.29, 1.82) is 0 Å². The summed E-state index contributed by atoms with van der Waals surface area (Å²) < 4.78 is 14.1. The molecule has 1 aromatic rings. The third-order valence-corrected chi connectivity index (χ3v) is 5.12. The minimum Gasteiger partial charge on any atom is -0.481 e. The molecule has 1 aliphatic carbocycles. The van der Waals surface area contributed by atoms with Crippen LogP contribution in [0.3, 0.4) is 0 Å². The smallest absolute Gasteiger partial charge is 0.303 e. The normalized spacial score (nSPS) is 22.7. The molecule has 3 rings (SSSR count). The summed E-state index contributed by atoms with van der Waals surface area (Å²) in [5, 5.41) is 8.82. The fraction of sp³-hybridized carbons (Fsp3) is 0.556. The van der Waals surface area contributed by atoms with Gasteiger partial charge in [-0.2, -0.15) is 0 Å². The van der Waals surface area contributed by atoms with Gasteiger partial charge in [-0.15, -0.1) is 0 Å². The van der Waals surface area contributed by atoms with Gasteiger partial charge in [0.15, 0.2) is 0 Å². The Morgan fingerprint density at radius 3 is 2.70 bits per heavy atom. The number of carbonyl (C=O) groups excluding carboxylic acids is 1. The SMILES string of the molecule is O=C(O)CC[C@@H]1CCCN(C(=O)C2(c3ccccc3F)CC2)C1. The zero-order chi connectivity index (χ0) is 16.4. The number of hydrogen-bond acceptors (Lipinski definition) is 2. The van der Waals surface area contributed by atoms with E-state index >= 15 is 0 Å². The van der Waals surface area contributed by atoms with Gasteiger partial charge in [0, 0.05) is 25.1 Å². The number of carbonyl (C=O) groups is 2. The van der Waals surface area contributed by atoms with Crippen LogP contribution < -0.4 is 0 Å². The summed E-state index contributed by atoms with van der Waals surface area (Å²) >= 11 is 0. The molecule has 1 atom stereocenters. The van der Waals surface area contributed by atoms with Crippen molar-refractivity contribution in [2.75, 3.05) is 13.1 Å². The summed E-state index contributed by atoms with van der Waals surface area (Å²) in [5.41, 5.74) is -0.169. The van der Waals surface area contributed by atoms with E-state index in [0.29, 0.717) is 37.9 Å². The first-order chi connectivity index (χ1) is 11.0. The first kappa shape index (κ1) is 16.0. The molecular formula is C18H22FNO3. The number of carboxylic acid groups (broad SMARTS) is 1. The lowest BCUT2D eigenvalue weighted by Crippen LogP contribution is -2.45. The maximum Gasteiger partial charge on any atom is 0.303 e. The molecule has 1 heterocycles. The molecule has 0 bridgehead atoms. The Balaban J connectivity index is 1.70. The Hall–Kier alpha value is -1.91. The zero-order valence-corrected chi connectivity index (χ0v) is 13.1. The van der Waals surface area contributed by atoms with E-state index in [4.69, 9.17) is 5.11 Å². The van der Waals surface area contributed by atoms with E-state index in [-0.39, 0.29) is 24.1 Å². The molecule has 5 heteroatoms. The summed E-state index contributed by atoms with van der Waals surface area (Å²) in [6, 6.07) is 6.54. The van der Waals surface area contributed by atoms with E-state index in [9.17, 15) is 14.0 Å². The Morgan fingerprint density at radius 1 is 1.30 bits per heavy atom. The summed E-state index contributed by atoms with van der Waals surface area (Å²) in [6.07, 6.45) is 4.00. The Morgan fingerprint density at radius 2 is 2.04 bits per heavy atom. The molecule has 124 valence electrons.